The summed E-state index contributed by atoms with van der Waals surface area (Å²) >= 11 is 2.20. The number of para-hydroxylation sites is 1. The summed E-state index contributed by atoms with van der Waals surface area (Å²) in [4.78, 5) is 23.9. The predicted molar refractivity (Wildman–Crippen MR) is 98.4 cm³/mol. The highest BCUT2D eigenvalue weighted by molar-refractivity contribution is 14.1. The molecule has 0 aliphatic heterocycles. The summed E-state index contributed by atoms with van der Waals surface area (Å²) in [6.45, 7) is 0.413. The molecule has 0 saturated heterocycles. The van der Waals surface area contributed by atoms with Crippen LogP contribution < -0.4 is 10.7 Å². The van der Waals surface area contributed by atoms with Gasteiger partial charge in [0, 0.05) is 21.1 Å². The van der Waals surface area contributed by atoms with Gasteiger partial charge in [0.25, 0.3) is 0 Å². The zero-order chi connectivity index (χ0) is 16.2. The van der Waals surface area contributed by atoms with Crippen molar-refractivity contribution in [1.82, 2.24) is 9.78 Å². The van der Waals surface area contributed by atoms with Crippen LogP contribution in [0.1, 0.15) is 6.42 Å². The Morgan fingerprint density at radius 3 is 2.83 bits per heavy atom. The fraction of sp³-hybridized carbons (Fsp3) is 0.118. The molecule has 0 fully saturated rings. The van der Waals surface area contributed by atoms with Gasteiger partial charge in [-0.25, -0.2) is 0 Å². The van der Waals surface area contributed by atoms with E-state index in [4.69, 9.17) is 0 Å². The van der Waals surface area contributed by atoms with Crippen molar-refractivity contribution in [2.24, 2.45) is 0 Å². The van der Waals surface area contributed by atoms with Crippen LogP contribution in [-0.4, -0.2) is 15.7 Å². The number of nitrogens with zero attached hydrogens (tertiary/aromatic N) is 2. The van der Waals surface area contributed by atoms with Crippen LogP contribution in [0.5, 0.6) is 0 Å². The van der Waals surface area contributed by atoms with Crippen molar-refractivity contribution in [3.05, 3.63) is 68.5 Å². The van der Waals surface area contributed by atoms with E-state index in [2.05, 4.69) is 33.0 Å². The molecule has 0 unspecified atom stereocenters. The molecule has 1 aromatic heterocycles. The lowest BCUT2D eigenvalue weighted by atomic mass is 10.2. The van der Waals surface area contributed by atoms with Gasteiger partial charge in [-0.1, -0.05) is 18.2 Å². The van der Waals surface area contributed by atoms with E-state index >= 15 is 0 Å². The van der Waals surface area contributed by atoms with E-state index in [1.165, 1.54) is 6.20 Å². The molecule has 5 nitrogen and oxygen atoms in total. The number of carbonyl (C=O) groups is 1. The average Bonchev–Trinajstić information content (AvgIpc) is 2.54. The molecule has 0 spiro atoms. The number of benzene rings is 2. The van der Waals surface area contributed by atoms with E-state index < -0.39 is 0 Å². The molecule has 0 atom stereocenters. The Balaban J connectivity index is 1.72. The van der Waals surface area contributed by atoms with E-state index in [0.717, 1.165) is 14.8 Å². The second-order valence-electron chi connectivity index (χ2n) is 5.06. The van der Waals surface area contributed by atoms with E-state index in [1.807, 2.05) is 42.5 Å². The van der Waals surface area contributed by atoms with Gasteiger partial charge in [0.2, 0.25) is 11.3 Å². The summed E-state index contributed by atoms with van der Waals surface area (Å²) in [5.74, 6) is -0.0865. The second-order valence-corrected chi connectivity index (χ2v) is 6.30. The van der Waals surface area contributed by atoms with Gasteiger partial charge >= 0.3 is 0 Å². The molecule has 0 radical (unpaired) electrons. The smallest absolute Gasteiger partial charge is 0.226 e. The van der Waals surface area contributed by atoms with Gasteiger partial charge in [0.1, 0.15) is 0 Å². The van der Waals surface area contributed by atoms with Crippen molar-refractivity contribution < 1.29 is 4.79 Å². The average molecular weight is 419 g/mol. The van der Waals surface area contributed by atoms with E-state index in [1.54, 1.807) is 10.7 Å². The Morgan fingerprint density at radius 1 is 1.17 bits per heavy atom. The maximum absolute atomic E-state index is 12.1. The predicted octanol–water partition coefficient (Wildman–Crippen LogP) is 3.03. The molecular weight excluding hydrogens is 405 g/mol. The van der Waals surface area contributed by atoms with Gasteiger partial charge in [-0.15, -0.1) is 0 Å². The number of amides is 1. The number of hydrogen-bond donors (Lipinski definition) is 1. The number of fused-ring (bicyclic) bond motifs is 1. The number of nitrogens with one attached hydrogen (secondary N) is 1. The third-order valence-corrected chi connectivity index (χ3v) is 4.09. The number of hydrogen-bond acceptors (Lipinski definition) is 3. The molecule has 2 aromatic carbocycles. The molecule has 1 amide bonds. The largest absolute Gasteiger partial charge is 0.326 e. The highest BCUT2D eigenvalue weighted by Gasteiger charge is 2.07. The van der Waals surface area contributed by atoms with Gasteiger partial charge < -0.3 is 5.32 Å². The Kier molecular flexibility index (Phi) is 4.71. The molecule has 0 aliphatic rings. The number of aromatic nitrogens is 2. The van der Waals surface area contributed by atoms with Gasteiger partial charge in [-0.05, 0) is 52.9 Å². The van der Waals surface area contributed by atoms with Gasteiger partial charge in [-0.2, -0.15) is 5.10 Å². The lowest BCUT2D eigenvalue weighted by Gasteiger charge is -2.09. The minimum absolute atomic E-state index is 0.0865. The molecule has 116 valence electrons. The Bertz CT molecular complexity index is 921. The van der Waals surface area contributed by atoms with Crippen LogP contribution >= 0.6 is 22.6 Å². The van der Waals surface area contributed by atoms with Crippen LogP contribution in [0.2, 0.25) is 0 Å². The minimum Gasteiger partial charge on any atom is -0.326 e. The second kappa shape index (κ2) is 6.91. The Morgan fingerprint density at radius 2 is 2.00 bits per heavy atom. The van der Waals surface area contributed by atoms with Gasteiger partial charge in [0.05, 0.1) is 18.3 Å². The first-order valence-corrected chi connectivity index (χ1v) is 8.21. The molecule has 3 aromatic rings. The number of halogens is 1. The molecule has 1 heterocycles. The lowest BCUT2D eigenvalue weighted by Crippen LogP contribution is -2.18. The summed E-state index contributed by atoms with van der Waals surface area (Å²) in [7, 11) is 0. The third-order valence-electron chi connectivity index (χ3n) is 3.42. The normalized spacial score (nSPS) is 10.7. The van der Waals surface area contributed by atoms with Crippen LogP contribution in [0.3, 0.4) is 0 Å². The first kappa shape index (κ1) is 15.7. The van der Waals surface area contributed by atoms with Crippen LogP contribution in [-0.2, 0) is 11.3 Å². The molecule has 0 aliphatic carbocycles. The summed E-state index contributed by atoms with van der Waals surface area (Å²) < 4.78 is 2.75. The molecule has 1 N–H and O–H groups in total. The maximum atomic E-state index is 12.1. The van der Waals surface area contributed by atoms with Crippen molar-refractivity contribution in [3.63, 3.8) is 0 Å². The van der Waals surface area contributed by atoms with Crippen molar-refractivity contribution >= 4 is 45.1 Å². The minimum atomic E-state index is -0.111. The zero-order valence-electron chi connectivity index (χ0n) is 12.2. The highest BCUT2D eigenvalue weighted by Crippen LogP contribution is 2.13. The van der Waals surface area contributed by atoms with Crippen molar-refractivity contribution in [3.8, 4) is 0 Å². The Hall–Kier alpha value is -2.22. The lowest BCUT2D eigenvalue weighted by molar-refractivity contribution is -0.116. The van der Waals surface area contributed by atoms with Crippen LogP contribution in [0.4, 0.5) is 5.69 Å². The summed E-state index contributed by atoms with van der Waals surface area (Å²) in [6.07, 6.45) is 1.57. The van der Waals surface area contributed by atoms with Gasteiger partial charge in [-0.3, -0.25) is 14.3 Å². The van der Waals surface area contributed by atoms with Crippen molar-refractivity contribution in [1.29, 1.82) is 0 Å². The standard InChI is InChI=1S/C17H14IN3O2/c18-12-4-3-5-13(10-12)20-17(23)8-9-21-15-7-2-1-6-14(15)16(22)11-19-21/h1-7,10-11H,8-9H2,(H,20,23). The van der Waals surface area contributed by atoms with E-state index in [-0.39, 0.29) is 17.8 Å². The van der Waals surface area contributed by atoms with E-state index in [0.29, 0.717) is 11.9 Å². The molecular formula is C17H14IN3O2. The van der Waals surface area contributed by atoms with Crippen LogP contribution in [0.25, 0.3) is 10.9 Å². The van der Waals surface area contributed by atoms with Gasteiger partial charge in [0.15, 0.2) is 0 Å². The summed E-state index contributed by atoms with van der Waals surface area (Å²) in [5.41, 5.74) is 1.40. The molecule has 0 saturated carbocycles. The number of rotatable bonds is 4. The third kappa shape index (κ3) is 3.76. The van der Waals surface area contributed by atoms with Crippen molar-refractivity contribution in [2.75, 3.05) is 5.32 Å². The number of carbonyl (C=O) groups excluding carboxylic acids is 1. The van der Waals surface area contributed by atoms with Crippen LogP contribution in [0.15, 0.2) is 59.5 Å². The number of aryl methyl sites for hydroxylation is 1. The molecule has 23 heavy (non-hydrogen) atoms. The fourth-order valence-corrected chi connectivity index (χ4v) is 2.88. The van der Waals surface area contributed by atoms with Crippen molar-refractivity contribution in [2.45, 2.75) is 13.0 Å². The first-order valence-electron chi connectivity index (χ1n) is 7.14. The summed E-state index contributed by atoms with van der Waals surface area (Å²) in [5, 5.41) is 7.60. The first-order chi connectivity index (χ1) is 11.1. The highest BCUT2D eigenvalue weighted by atomic mass is 127. The molecule has 0 bridgehead atoms. The maximum Gasteiger partial charge on any atom is 0.226 e. The topological polar surface area (TPSA) is 64.0 Å². The van der Waals surface area contributed by atoms with E-state index in [9.17, 15) is 9.59 Å². The number of anilines is 1. The zero-order valence-corrected chi connectivity index (χ0v) is 14.4. The summed E-state index contributed by atoms with van der Waals surface area (Å²) in [6, 6.07) is 14.9. The molecule has 3 rings (SSSR count). The quantitative estimate of drug-likeness (QED) is 0.662. The Labute approximate surface area is 146 Å². The monoisotopic (exact) mass is 419 g/mol. The van der Waals surface area contributed by atoms with Crippen LogP contribution in [0, 0.1) is 3.57 Å². The fourth-order valence-electron chi connectivity index (χ4n) is 2.34. The SMILES string of the molecule is O=C(CCn1ncc(=O)c2ccccc21)Nc1cccc(I)c1. The molecule has 6 heteroatoms.